The Morgan fingerprint density at radius 3 is 2.90 bits per heavy atom. The van der Waals surface area contributed by atoms with Gasteiger partial charge in [0, 0.05) is 13.0 Å². The second-order valence-electron chi connectivity index (χ2n) is 5.85. The minimum Gasteiger partial charge on any atom is -0.486 e. The number of rotatable bonds is 2. The van der Waals surface area contributed by atoms with Crippen molar-refractivity contribution in [3.8, 4) is 5.75 Å². The van der Waals surface area contributed by atoms with Crippen LogP contribution in [0.25, 0.3) is 0 Å². The number of hydrogen-bond acceptors (Lipinski definition) is 5. The van der Waals surface area contributed by atoms with E-state index in [1.54, 1.807) is 0 Å². The molecule has 5 heteroatoms. The third-order valence-corrected chi connectivity index (χ3v) is 4.66. The van der Waals surface area contributed by atoms with Crippen LogP contribution in [0.1, 0.15) is 38.2 Å². The van der Waals surface area contributed by atoms with Gasteiger partial charge in [-0.05, 0) is 19.3 Å². The molecule has 4 rings (SSSR count). The maximum Gasteiger partial charge on any atom is 0.183 e. The fraction of sp³-hybridized carbons (Fsp3) is 0.733. The Bertz CT molecular complexity index is 534. The molecular weight excluding hydrogens is 254 g/mol. The van der Waals surface area contributed by atoms with Gasteiger partial charge in [-0.15, -0.1) is 0 Å². The lowest BCUT2D eigenvalue weighted by molar-refractivity contribution is -0.0106. The summed E-state index contributed by atoms with van der Waals surface area (Å²) >= 11 is 0. The number of aromatic nitrogens is 2. The van der Waals surface area contributed by atoms with Crippen LogP contribution in [0.5, 0.6) is 5.75 Å². The Hall–Kier alpha value is -1.36. The molecule has 0 N–H and O–H groups in total. The quantitative estimate of drug-likeness (QED) is 0.822. The number of anilines is 1. The van der Waals surface area contributed by atoms with Crippen LogP contribution < -0.4 is 9.64 Å². The fourth-order valence-corrected chi connectivity index (χ4v) is 3.59. The summed E-state index contributed by atoms with van der Waals surface area (Å²) in [5.74, 6) is 2.83. The molecule has 2 bridgehead atoms. The molecule has 2 saturated heterocycles. The van der Waals surface area contributed by atoms with E-state index in [0.717, 1.165) is 48.9 Å². The van der Waals surface area contributed by atoms with E-state index in [1.165, 1.54) is 6.42 Å². The molecule has 0 radical (unpaired) electrons. The molecule has 3 aliphatic rings. The average molecular weight is 275 g/mol. The molecule has 20 heavy (non-hydrogen) atoms. The SMILES string of the molecule is CCc1nc(CC)c2c(n1)N1CC3CCC(O3)C1CO2. The standard InChI is InChI=1S/C15H21N3O2/c1-3-10-14-15(17-13(4-2)16-10)18-7-9-5-6-12(20-9)11(18)8-19-14/h9,11-12H,3-8H2,1-2H3. The highest BCUT2D eigenvalue weighted by Gasteiger charge is 2.45. The van der Waals surface area contributed by atoms with Crippen molar-refractivity contribution in [3.63, 3.8) is 0 Å². The predicted molar refractivity (Wildman–Crippen MR) is 75.3 cm³/mol. The van der Waals surface area contributed by atoms with Crippen molar-refractivity contribution in [3.05, 3.63) is 11.5 Å². The van der Waals surface area contributed by atoms with Crippen LogP contribution in [0, 0.1) is 0 Å². The van der Waals surface area contributed by atoms with Gasteiger partial charge < -0.3 is 14.4 Å². The van der Waals surface area contributed by atoms with E-state index < -0.39 is 0 Å². The van der Waals surface area contributed by atoms with Crippen molar-refractivity contribution >= 4 is 5.82 Å². The third kappa shape index (κ3) is 1.72. The normalized spacial score (nSPS) is 30.7. The second-order valence-corrected chi connectivity index (χ2v) is 5.85. The van der Waals surface area contributed by atoms with Gasteiger partial charge in [-0.3, -0.25) is 0 Å². The molecule has 3 atom stereocenters. The van der Waals surface area contributed by atoms with Gasteiger partial charge >= 0.3 is 0 Å². The molecule has 3 aliphatic heterocycles. The first-order valence-electron chi connectivity index (χ1n) is 7.74. The van der Waals surface area contributed by atoms with Gasteiger partial charge in [-0.1, -0.05) is 13.8 Å². The molecule has 4 heterocycles. The van der Waals surface area contributed by atoms with Crippen LogP contribution >= 0.6 is 0 Å². The van der Waals surface area contributed by atoms with E-state index in [-0.39, 0.29) is 0 Å². The summed E-state index contributed by atoms with van der Waals surface area (Å²) in [5, 5.41) is 0. The second kappa shape index (κ2) is 4.58. The summed E-state index contributed by atoms with van der Waals surface area (Å²) in [6, 6.07) is 0.325. The van der Waals surface area contributed by atoms with Crippen molar-refractivity contribution < 1.29 is 9.47 Å². The Morgan fingerprint density at radius 2 is 2.10 bits per heavy atom. The highest BCUT2D eigenvalue weighted by molar-refractivity contribution is 5.58. The van der Waals surface area contributed by atoms with Crippen LogP contribution in [-0.4, -0.2) is 41.4 Å². The average Bonchev–Trinajstić information content (AvgIpc) is 2.88. The van der Waals surface area contributed by atoms with Gasteiger partial charge in [-0.2, -0.15) is 0 Å². The van der Waals surface area contributed by atoms with Crippen molar-refractivity contribution in [2.24, 2.45) is 0 Å². The van der Waals surface area contributed by atoms with E-state index >= 15 is 0 Å². The highest BCUT2D eigenvalue weighted by Crippen LogP contribution is 2.41. The smallest absolute Gasteiger partial charge is 0.183 e. The zero-order valence-corrected chi connectivity index (χ0v) is 12.1. The molecule has 3 unspecified atom stereocenters. The van der Waals surface area contributed by atoms with E-state index in [2.05, 4.69) is 23.7 Å². The molecule has 0 amide bonds. The summed E-state index contributed by atoms with van der Waals surface area (Å²) in [4.78, 5) is 11.8. The molecule has 0 aromatic carbocycles. The maximum absolute atomic E-state index is 6.03. The Kier molecular flexibility index (Phi) is 2.84. The van der Waals surface area contributed by atoms with Gasteiger partial charge in [-0.25, -0.2) is 9.97 Å². The lowest BCUT2D eigenvalue weighted by Gasteiger charge is -2.44. The Morgan fingerprint density at radius 1 is 1.20 bits per heavy atom. The molecule has 1 aromatic heterocycles. The lowest BCUT2D eigenvalue weighted by atomic mass is 10.1. The molecule has 108 valence electrons. The molecule has 0 spiro atoms. The van der Waals surface area contributed by atoms with E-state index in [9.17, 15) is 0 Å². The number of ether oxygens (including phenoxy) is 2. The molecule has 0 aliphatic carbocycles. The van der Waals surface area contributed by atoms with Crippen molar-refractivity contribution in [1.82, 2.24) is 9.97 Å². The van der Waals surface area contributed by atoms with Crippen LogP contribution in [0.3, 0.4) is 0 Å². The first kappa shape index (κ1) is 12.4. The van der Waals surface area contributed by atoms with Crippen molar-refractivity contribution in [2.75, 3.05) is 18.1 Å². The first-order chi connectivity index (χ1) is 9.80. The van der Waals surface area contributed by atoms with Crippen LogP contribution in [-0.2, 0) is 17.6 Å². The molecule has 1 aromatic rings. The van der Waals surface area contributed by atoms with Crippen LogP contribution in [0.4, 0.5) is 5.82 Å². The number of fused-ring (bicyclic) bond motifs is 6. The molecule has 0 saturated carbocycles. The van der Waals surface area contributed by atoms with E-state index in [0.29, 0.717) is 24.9 Å². The number of nitrogens with zero attached hydrogens (tertiary/aromatic N) is 3. The Labute approximate surface area is 119 Å². The summed E-state index contributed by atoms with van der Waals surface area (Å²) in [6.45, 7) is 5.87. The monoisotopic (exact) mass is 275 g/mol. The van der Waals surface area contributed by atoms with Crippen LogP contribution in [0.15, 0.2) is 0 Å². The minimum absolute atomic E-state index is 0.312. The van der Waals surface area contributed by atoms with Crippen molar-refractivity contribution in [2.45, 2.75) is 57.8 Å². The van der Waals surface area contributed by atoms with Gasteiger partial charge in [0.15, 0.2) is 11.6 Å². The third-order valence-electron chi connectivity index (χ3n) is 4.66. The lowest BCUT2D eigenvalue weighted by Crippen LogP contribution is -2.56. The van der Waals surface area contributed by atoms with E-state index in [1.807, 2.05) is 0 Å². The Balaban J connectivity index is 1.79. The molecular formula is C15H21N3O2. The van der Waals surface area contributed by atoms with Crippen LogP contribution in [0.2, 0.25) is 0 Å². The van der Waals surface area contributed by atoms with E-state index in [4.69, 9.17) is 14.5 Å². The molecule has 2 fully saturated rings. The summed E-state index contributed by atoms with van der Waals surface area (Å²) < 4.78 is 12.0. The highest BCUT2D eigenvalue weighted by atomic mass is 16.5. The maximum atomic E-state index is 6.03. The summed E-state index contributed by atoms with van der Waals surface area (Å²) in [7, 11) is 0. The zero-order chi connectivity index (χ0) is 13.7. The number of aryl methyl sites for hydroxylation is 2. The molecule has 5 nitrogen and oxygen atoms in total. The zero-order valence-electron chi connectivity index (χ0n) is 12.1. The topological polar surface area (TPSA) is 47.5 Å². The summed E-state index contributed by atoms with van der Waals surface area (Å²) in [5.41, 5.74) is 1.05. The predicted octanol–water partition coefficient (Wildman–Crippen LogP) is 1.73. The van der Waals surface area contributed by atoms with Gasteiger partial charge in [0.2, 0.25) is 0 Å². The minimum atomic E-state index is 0.312. The number of hydrogen-bond donors (Lipinski definition) is 0. The van der Waals surface area contributed by atoms with Crippen molar-refractivity contribution in [1.29, 1.82) is 0 Å². The first-order valence-corrected chi connectivity index (χ1v) is 7.74. The largest absolute Gasteiger partial charge is 0.486 e. The van der Waals surface area contributed by atoms with Gasteiger partial charge in [0.25, 0.3) is 0 Å². The van der Waals surface area contributed by atoms with Gasteiger partial charge in [0.1, 0.15) is 12.4 Å². The fourth-order valence-electron chi connectivity index (χ4n) is 3.59. The van der Waals surface area contributed by atoms with Gasteiger partial charge in [0.05, 0.1) is 23.9 Å². The summed E-state index contributed by atoms with van der Waals surface area (Å²) in [6.07, 6.45) is 4.75. The number of morpholine rings is 1.